The number of ether oxygens (including phenoxy) is 1. The van der Waals surface area contributed by atoms with E-state index in [0.717, 1.165) is 11.1 Å². The zero-order valence-corrected chi connectivity index (χ0v) is 15.5. The smallest absolute Gasteiger partial charge is 0.247 e. The highest BCUT2D eigenvalue weighted by atomic mass is 32.2. The molecule has 3 rings (SSSR count). The number of sulfonamides is 1. The van der Waals surface area contributed by atoms with Crippen LogP contribution in [0.5, 0.6) is 5.75 Å². The van der Waals surface area contributed by atoms with Crippen molar-refractivity contribution in [3.63, 3.8) is 0 Å². The standard InChI is InChI=1S/C18H19N3O4S/c1-12-7-8-16(9-13(12)2)26(22,23)19-11-17-20-21-18(25-17)14-5-4-6-15(10-14)24-3/h4-10,19H,11H2,1-3H3. The van der Waals surface area contributed by atoms with E-state index in [-0.39, 0.29) is 17.3 Å². The maximum atomic E-state index is 12.4. The zero-order valence-electron chi connectivity index (χ0n) is 14.7. The topological polar surface area (TPSA) is 94.3 Å². The van der Waals surface area contributed by atoms with Gasteiger partial charge >= 0.3 is 0 Å². The lowest BCUT2D eigenvalue weighted by Crippen LogP contribution is -2.23. The summed E-state index contributed by atoms with van der Waals surface area (Å²) in [4.78, 5) is 0.202. The molecule has 0 bridgehead atoms. The monoisotopic (exact) mass is 373 g/mol. The van der Waals surface area contributed by atoms with E-state index >= 15 is 0 Å². The first kappa shape index (κ1) is 18.1. The SMILES string of the molecule is COc1cccc(-c2nnc(CNS(=O)(=O)c3ccc(C)c(C)c3)o2)c1. The predicted molar refractivity (Wildman–Crippen MR) is 96.2 cm³/mol. The minimum atomic E-state index is -3.66. The van der Waals surface area contributed by atoms with Crippen LogP contribution in [0.4, 0.5) is 0 Å². The number of nitrogens with one attached hydrogen (secondary N) is 1. The summed E-state index contributed by atoms with van der Waals surface area (Å²) in [6, 6.07) is 12.2. The molecule has 1 heterocycles. The number of hydrogen-bond acceptors (Lipinski definition) is 6. The third-order valence-electron chi connectivity index (χ3n) is 3.99. The average Bonchev–Trinajstić information content (AvgIpc) is 3.11. The van der Waals surface area contributed by atoms with E-state index in [1.807, 2.05) is 13.8 Å². The fraction of sp³-hybridized carbons (Fsp3) is 0.222. The van der Waals surface area contributed by atoms with Crippen LogP contribution in [0.1, 0.15) is 17.0 Å². The Balaban J connectivity index is 1.74. The van der Waals surface area contributed by atoms with Crippen LogP contribution in [0.2, 0.25) is 0 Å². The molecule has 1 aromatic heterocycles. The number of nitrogens with zero attached hydrogens (tertiary/aromatic N) is 2. The van der Waals surface area contributed by atoms with Crippen LogP contribution in [0.25, 0.3) is 11.5 Å². The van der Waals surface area contributed by atoms with Gasteiger partial charge in [-0.25, -0.2) is 13.1 Å². The summed E-state index contributed by atoms with van der Waals surface area (Å²) in [5.41, 5.74) is 2.63. The third kappa shape index (κ3) is 3.92. The molecule has 26 heavy (non-hydrogen) atoms. The number of rotatable bonds is 6. The first-order valence-corrected chi connectivity index (χ1v) is 9.41. The summed E-state index contributed by atoms with van der Waals surface area (Å²) in [5, 5.41) is 7.85. The van der Waals surface area contributed by atoms with Crippen molar-refractivity contribution in [2.24, 2.45) is 0 Å². The van der Waals surface area contributed by atoms with Gasteiger partial charge < -0.3 is 9.15 Å². The molecule has 1 N–H and O–H groups in total. The molecular formula is C18H19N3O4S. The molecule has 0 aliphatic heterocycles. The number of hydrogen-bond donors (Lipinski definition) is 1. The van der Waals surface area contributed by atoms with Gasteiger partial charge in [0, 0.05) is 5.56 Å². The van der Waals surface area contributed by atoms with E-state index in [0.29, 0.717) is 17.2 Å². The van der Waals surface area contributed by atoms with Crippen LogP contribution < -0.4 is 9.46 Å². The van der Waals surface area contributed by atoms with Gasteiger partial charge in [0.25, 0.3) is 0 Å². The molecule has 7 nitrogen and oxygen atoms in total. The molecule has 0 aliphatic carbocycles. The minimum Gasteiger partial charge on any atom is -0.497 e. The Morgan fingerprint density at radius 2 is 1.88 bits per heavy atom. The van der Waals surface area contributed by atoms with Gasteiger partial charge in [0.2, 0.25) is 21.8 Å². The molecule has 136 valence electrons. The molecule has 8 heteroatoms. The second-order valence-corrected chi connectivity index (χ2v) is 7.57. The Kier molecular flexibility index (Phi) is 5.06. The van der Waals surface area contributed by atoms with Gasteiger partial charge in [0.05, 0.1) is 18.6 Å². The maximum Gasteiger partial charge on any atom is 0.247 e. The molecule has 0 saturated heterocycles. The van der Waals surface area contributed by atoms with Crippen molar-refractivity contribution < 1.29 is 17.6 Å². The van der Waals surface area contributed by atoms with Crippen LogP contribution in [-0.2, 0) is 16.6 Å². The van der Waals surface area contributed by atoms with Gasteiger partial charge in [-0.05, 0) is 55.3 Å². The van der Waals surface area contributed by atoms with E-state index in [1.165, 1.54) is 0 Å². The Hall–Kier alpha value is -2.71. The minimum absolute atomic E-state index is 0.0910. The van der Waals surface area contributed by atoms with Crippen molar-refractivity contribution in [3.05, 3.63) is 59.5 Å². The number of methoxy groups -OCH3 is 1. The first-order chi connectivity index (χ1) is 12.4. The van der Waals surface area contributed by atoms with E-state index in [4.69, 9.17) is 9.15 Å². The van der Waals surface area contributed by atoms with E-state index < -0.39 is 10.0 Å². The van der Waals surface area contributed by atoms with E-state index in [2.05, 4.69) is 14.9 Å². The van der Waals surface area contributed by atoms with Crippen molar-refractivity contribution >= 4 is 10.0 Å². The lowest BCUT2D eigenvalue weighted by molar-refractivity contribution is 0.414. The molecule has 0 radical (unpaired) electrons. The maximum absolute atomic E-state index is 12.4. The van der Waals surface area contributed by atoms with Crippen molar-refractivity contribution in [2.45, 2.75) is 25.3 Å². The highest BCUT2D eigenvalue weighted by molar-refractivity contribution is 7.89. The zero-order chi connectivity index (χ0) is 18.7. The van der Waals surface area contributed by atoms with Gasteiger partial charge in [-0.15, -0.1) is 10.2 Å². The van der Waals surface area contributed by atoms with Crippen LogP contribution in [-0.4, -0.2) is 25.7 Å². The molecule has 0 atom stereocenters. The third-order valence-corrected chi connectivity index (χ3v) is 5.38. The summed E-state index contributed by atoms with van der Waals surface area (Å²) < 4.78 is 38.0. The van der Waals surface area contributed by atoms with Crippen LogP contribution >= 0.6 is 0 Å². The molecule has 3 aromatic rings. The molecule has 0 unspecified atom stereocenters. The summed E-state index contributed by atoms with van der Waals surface area (Å²) in [6.07, 6.45) is 0. The normalized spacial score (nSPS) is 11.5. The first-order valence-electron chi connectivity index (χ1n) is 7.93. The number of aryl methyl sites for hydroxylation is 2. The molecule has 0 aliphatic rings. The molecule has 0 fully saturated rings. The van der Waals surface area contributed by atoms with Crippen LogP contribution in [0, 0.1) is 13.8 Å². The summed E-state index contributed by atoms with van der Waals surface area (Å²) in [6.45, 7) is 3.71. The number of benzene rings is 2. The van der Waals surface area contributed by atoms with Gasteiger partial charge in [-0.1, -0.05) is 12.1 Å². The van der Waals surface area contributed by atoms with E-state index in [1.54, 1.807) is 49.6 Å². The fourth-order valence-electron chi connectivity index (χ4n) is 2.32. The largest absolute Gasteiger partial charge is 0.497 e. The number of aromatic nitrogens is 2. The summed E-state index contributed by atoms with van der Waals surface area (Å²) in [5.74, 6) is 1.14. The van der Waals surface area contributed by atoms with Crippen molar-refractivity contribution in [3.8, 4) is 17.2 Å². The van der Waals surface area contributed by atoms with Gasteiger partial charge in [0.1, 0.15) is 5.75 Å². The average molecular weight is 373 g/mol. The lowest BCUT2D eigenvalue weighted by atomic mass is 10.1. The van der Waals surface area contributed by atoms with Gasteiger partial charge in [-0.2, -0.15) is 0 Å². The predicted octanol–water partition coefficient (Wildman–Crippen LogP) is 2.84. The van der Waals surface area contributed by atoms with Crippen molar-refractivity contribution in [2.75, 3.05) is 7.11 Å². The molecule has 0 saturated carbocycles. The van der Waals surface area contributed by atoms with Gasteiger partial charge in [0.15, 0.2) is 0 Å². The Morgan fingerprint density at radius 1 is 1.08 bits per heavy atom. The molecular weight excluding hydrogens is 354 g/mol. The second kappa shape index (κ2) is 7.27. The Morgan fingerprint density at radius 3 is 2.62 bits per heavy atom. The van der Waals surface area contributed by atoms with Crippen LogP contribution in [0.3, 0.4) is 0 Å². The van der Waals surface area contributed by atoms with Crippen LogP contribution in [0.15, 0.2) is 51.8 Å². The molecule has 2 aromatic carbocycles. The summed E-state index contributed by atoms with van der Waals surface area (Å²) >= 11 is 0. The van der Waals surface area contributed by atoms with Crippen molar-refractivity contribution in [1.82, 2.24) is 14.9 Å². The van der Waals surface area contributed by atoms with Crippen molar-refractivity contribution in [1.29, 1.82) is 0 Å². The lowest BCUT2D eigenvalue weighted by Gasteiger charge is -2.07. The molecule has 0 amide bonds. The highest BCUT2D eigenvalue weighted by Gasteiger charge is 2.17. The quantitative estimate of drug-likeness (QED) is 0.714. The van der Waals surface area contributed by atoms with E-state index in [9.17, 15) is 8.42 Å². The fourth-order valence-corrected chi connectivity index (χ4v) is 3.38. The second-order valence-electron chi connectivity index (χ2n) is 5.80. The molecule has 0 spiro atoms. The highest BCUT2D eigenvalue weighted by Crippen LogP contribution is 2.22. The summed E-state index contributed by atoms with van der Waals surface area (Å²) in [7, 11) is -2.09. The Bertz CT molecular complexity index is 1030. The van der Waals surface area contributed by atoms with Gasteiger partial charge in [-0.3, -0.25) is 0 Å². The Labute approximate surface area is 152 Å².